The Morgan fingerprint density at radius 2 is 1.86 bits per heavy atom. The lowest BCUT2D eigenvalue weighted by Crippen LogP contribution is -2.56. The third-order valence-electron chi connectivity index (χ3n) is 10.0. The summed E-state index contributed by atoms with van der Waals surface area (Å²) in [6.45, 7) is 1.89. The molecule has 1 aromatic heterocycles. The number of nitrogens with one attached hydrogen (secondary N) is 4. The van der Waals surface area contributed by atoms with Gasteiger partial charge in [-0.3, -0.25) is 34.3 Å². The van der Waals surface area contributed by atoms with Crippen molar-refractivity contribution in [2.24, 2.45) is 5.92 Å². The van der Waals surface area contributed by atoms with E-state index in [2.05, 4.69) is 21.4 Å². The zero-order chi connectivity index (χ0) is 35.3. The standard InChI is InChI=1S/C37H46ClN5O6S/c1-2-7-28(33(45)35(47)39-27-12-13-27)41-34(46)31-20-37(19-30(42-49-37)25-10-6-11-26(38)18-25)22-43(31)36(48)29(16-24-14-15-50-21-24)40-32(44)17-23-8-4-3-5-9-23/h6,10-11,14-15,18-19,21,23,27-29,31,42H,2-5,7-9,12-13,16-17,20,22H2,1H3,(H,39,47)(H,40,44)(H,41,46)/t28-,29-,31-,37+/m0/s1. The molecule has 2 saturated carbocycles. The summed E-state index contributed by atoms with van der Waals surface area (Å²) in [5.41, 5.74) is 4.21. The lowest BCUT2D eigenvalue weighted by molar-refractivity contribution is -0.143. The number of rotatable bonds is 14. The van der Waals surface area contributed by atoms with Crippen LogP contribution in [0.2, 0.25) is 5.02 Å². The van der Waals surface area contributed by atoms with Gasteiger partial charge in [0.15, 0.2) is 0 Å². The van der Waals surface area contributed by atoms with Crippen LogP contribution in [-0.2, 0) is 35.2 Å². The van der Waals surface area contributed by atoms with Crippen molar-refractivity contribution in [3.63, 3.8) is 0 Å². The van der Waals surface area contributed by atoms with Crippen LogP contribution in [0.4, 0.5) is 0 Å². The summed E-state index contributed by atoms with van der Waals surface area (Å²) in [6, 6.07) is 6.16. The van der Waals surface area contributed by atoms with Crippen LogP contribution in [0.5, 0.6) is 0 Å². The molecule has 6 rings (SSSR count). The van der Waals surface area contributed by atoms with Crippen LogP contribution in [0.25, 0.3) is 5.70 Å². The van der Waals surface area contributed by atoms with Crippen molar-refractivity contribution in [3.05, 3.63) is 63.3 Å². The molecule has 1 aromatic carbocycles. The normalized spacial score (nSPS) is 23.1. The number of Topliss-reactive ketones (excluding diaryl/α,β-unsaturated/α-hetero) is 1. The fraction of sp³-hybridized carbons (Fsp3) is 0.541. The second kappa shape index (κ2) is 16.1. The van der Waals surface area contributed by atoms with E-state index in [1.54, 1.807) is 12.1 Å². The lowest BCUT2D eigenvalue weighted by Gasteiger charge is -2.30. The zero-order valence-corrected chi connectivity index (χ0v) is 30.0. The molecule has 4 N–H and O–H groups in total. The second-order valence-electron chi connectivity index (χ2n) is 14.1. The summed E-state index contributed by atoms with van der Waals surface area (Å²) in [5.74, 6) is -2.29. The van der Waals surface area contributed by atoms with Crippen LogP contribution >= 0.6 is 22.9 Å². The van der Waals surface area contributed by atoms with Gasteiger partial charge in [-0.15, -0.1) is 0 Å². The van der Waals surface area contributed by atoms with E-state index in [-0.39, 0.29) is 43.7 Å². The minimum Gasteiger partial charge on any atom is -0.347 e. The van der Waals surface area contributed by atoms with E-state index in [1.807, 2.05) is 42.0 Å². The van der Waals surface area contributed by atoms with Crippen LogP contribution in [0.15, 0.2) is 47.2 Å². The number of benzene rings is 1. The first-order valence-electron chi connectivity index (χ1n) is 17.8. The first-order valence-corrected chi connectivity index (χ1v) is 19.1. The maximum atomic E-state index is 14.6. The van der Waals surface area contributed by atoms with Crippen LogP contribution in [0, 0.1) is 5.92 Å². The molecule has 1 spiro atoms. The van der Waals surface area contributed by atoms with Gasteiger partial charge >= 0.3 is 0 Å². The highest BCUT2D eigenvalue weighted by Crippen LogP contribution is 2.38. The highest BCUT2D eigenvalue weighted by atomic mass is 35.5. The molecule has 0 unspecified atom stereocenters. The van der Waals surface area contributed by atoms with Gasteiger partial charge in [0.05, 0.1) is 18.3 Å². The predicted molar refractivity (Wildman–Crippen MR) is 191 cm³/mol. The number of carbonyl (C=O) groups excluding carboxylic acids is 5. The van der Waals surface area contributed by atoms with Crippen molar-refractivity contribution < 1.29 is 28.8 Å². The predicted octanol–water partition coefficient (Wildman–Crippen LogP) is 4.45. The molecule has 3 heterocycles. The number of halogens is 1. The molecular formula is C37H46ClN5O6S. The molecule has 268 valence electrons. The number of ketones is 1. The quantitative estimate of drug-likeness (QED) is 0.211. The number of thiophene rings is 1. The average molecular weight is 724 g/mol. The Morgan fingerprint density at radius 3 is 2.56 bits per heavy atom. The molecular weight excluding hydrogens is 678 g/mol. The van der Waals surface area contributed by atoms with Crippen molar-refractivity contribution in [3.8, 4) is 0 Å². The monoisotopic (exact) mass is 723 g/mol. The molecule has 2 aliphatic heterocycles. The Hall–Kier alpha value is -3.74. The summed E-state index contributed by atoms with van der Waals surface area (Å²) >= 11 is 7.77. The van der Waals surface area contributed by atoms with E-state index >= 15 is 0 Å². The minimum atomic E-state index is -1.08. The van der Waals surface area contributed by atoms with Gasteiger partial charge in [0.1, 0.15) is 17.7 Å². The van der Waals surface area contributed by atoms with Crippen LogP contribution < -0.4 is 21.4 Å². The summed E-state index contributed by atoms with van der Waals surface area (Å²) in [7, 11) is 0. The summed E-state index contributed by atoms with van der Waals surface area (Å²) in [4.78, 5) is 75.7. The van der Waals surface area contributed by atoms with Crippen LogP contribution in [0.3, 0.4) is 0 Å². The van der Waals surface area contributed by atoms with E-state index in [0.29, 0.717) is 23.6 Å². The van der Waals surface area contributed by atoms with Crippen molar-refractivity contribution in [1.29, 1.82) is 0 Å². The molecule has 0 bridgehead atoms. The Kier molecular flexibility index (Phi) is 11.6. The molecule has 2 aromatic rings. The number of likely N-dealkylation sites (tertiary alicyclic amines) is 1. The third-order valence-corrected chi connectivity index (χ3v) is 11.0. The Balaban J connectivity index is 1.26. The van der Waals surface area contributed by atoms with Crippen molar-refractivity contribution in [1.82, 2.24) is 26.3 Å². The smallest absolute Gasteiger partial charge is 0.289 e. The van der Waals surface area contributed by atoms with E-state index < -0.39 is 47.2 Å². The molecule has 4 amide bonds. The maximum Gasteiger partial charge on any atom is 0.289 e. The van der Waals surface area contributed by atoms with E-state index in [9.17, 15) is 24.0 Å². The molecule has 4 atom stereocenters. The van der Waals surface area contributed by atoms with Gasteiger partial charge in [-0.1, -0.05) is 56.3 Å². The topological polar surface area (TPSA) is 146 Å². The van der Waals surface area contributed by atoms with Gasteiger partial charge in [-0.05, 0) is 78.6 Å². The molecule has 1 saturated heterocycles. The fourth-order valence-electron chi connectivity index (χ4n) is 7.24. The van der Waals surface area contributed by atoms with Gasteiger partial charge < -0.3 is 20.9 Å². The first kappa shape index (κ1) is 36.1. The maximum absolute atomic E-state index is 14.6. The summed E-state index contributed by atoms with van der Waals surface area (Å²) < 4.78 is 0. The fourth-order valence-corrected chi connectivity index (χ4v) is 8.11. The molecule has 50 heavy (non-hydrogen) atoms. The minimum absolute atomic E-state index is 0.00629. The molecule has 2 aliphatic carbocycles. The summed E-state index contributed by atoms with van der Waals surface area (Å²) in [5, 5.41) is 13.0. The van der Waals surface area contributed by atoms with Crippen LogP contribution in [-0.4, -0.2) is 70.6 Å². The largest absolute Gasteiger partial charge is 0.347 e. The number of hydrogen-bond donors (Lipinski definition) is 4. The molecule has 4 aliphatic rings. The highest BCUT2D eigenvalue weighted by Gasteiger charge is 2.53. The number of hydrogen-bond acceptors (Lipinski definition) is 8. The Morgan fingerprint density at radius 1 is 1.06 bits per heavy atom. The molecule has 11 nitrogen and oxygen atoms in total. The van der Waals surface area contributed by atoms with Gasteiger partial charge in [0, 0.05) is 35.9 Å². The van der Waals surface area contributed by atoms with Gasteiger partial charge in [0.25, 0.3) is 5.91 Å². The molecule has 13 heteroatoms. The van der Waals surface area contributed by atoms with Crippen LogP contribution in [0.1, 0.15) is 88.7 Å². The van der Waals surface area contributed by atoms with E-state index in [0.717, 1.165) is 49.7 Å². The van der Waals surface area contributed by atoms with Crippen molar-refractivity contribution >= 4 is 58.0 Å². The SMILES string of the molecule is CCC[C@H](NC(=O)[C@@H]1C[C@]2(C=C(c3cccc(Cl)c3)NO2)CN1C(=O)[C@H](Cc1ccsc1)NC(=O)CC1CCCCC1)C(=O)C(=O)NC1CC1. The number of amides is 4. The van der Waals surface area contributed by atoms with Crippen molar-refractivity contribution in [2.75, 3.05) is 6.54 Å². The average Bonchev–Trinajstić information content (AvgIpc) is 3.45. The van der Waals surface area contributed by atoms with E-state index in [4.69, 9.17) is 16.4 Å². The molecule has 3 fully saturated rings. The Labute approximate surface area is 301 Å². The first-order chi connectivity index (χ1) is 24.1. The number of hydroxylamine groups is 1. The number of carbonyl (C=O) groups is 5. The second-order valence-corrected chi connectivity index (χ2v) is 15.4. The lowest BCUT2D eigenvalue weighted by atomic mass is 9.87. The highest BCUT2D eigenvalue weighted by molar-refractivity contribution is 7.07. The number of nitrogens with zero attached hydrogens (tertiary/aromatic N) is 1. The van der Waals surface area contributed by atoms with Crippen molar-refractivity contribution in [2.45, 2.75) is 114 Å². The van der Waals surface area contributed by atoms with Gasteiger partial charge in [-0.25, -0.2) is 0 Å². The van der Waals surface area contributed by atoms with Gasteiger partial charge in [-0.2, -0.15) is 11.3 Å². The molecule has 0 radical (unpaired) electrons. The summed E-state index contributed by atoms with van der Waals surface area (Å²) in [6.07, 6.45) is 10.4. The van der Waals surface area contributed by atoms with E-state index in [1.165, 1.54) is 22.7 Å². The Bertz CT molecular complexity index is 1610. The van der Waals surface area contributed by atoms with Gasteiger partial charge in [0.2, 0.25) is 23.5 Å². The third kappa shape index (κ3) is 8.94. The zero-order valence-electron chi connectivity index (χ0n) is 28.4.